The van der Waals surface area contributed by atoms with E-state index in [0.717, 1.165) is 18.3 Å². The Balaban J connectivity index is 1.68. The van der Waals surface area contributed by atoms with E-state index in [9.17, 15) is 4.79 Å². The molecule has 6 nitrogen and oxygen atoms in total. The second-order valence-electron chi connectivity index (χ2n) is 7.11. The molecule has 2 N–H and O–H groups in total. The van der Waals surface area contributed by atoms with Gasteiger partial charge in [-0.25, -0.2) is 0 Å². The number of ether oxygens (including phenoxy) is 1. The zero-order valence-corrected chi connectivity index (χ0v) is 17.0. The predicted molar refractivity (Wildman–Crippen MR) is 110 cm³/mol. The van der Waals surface area contributed by atoms with Crippen LogP contribution in [0.25, 0.3) is 0 Å². The van der Waals surface area contributed by atoms with Crippen LogP contribution in [0.4, 0.5) is 0 Å². The summed E-state index contributed by atoms with van der Waals surface area (Å²) in [4.78, 5) is 18.4. The summed E-state index contributed by atoms with van der Waals surface area (Å²) in [5, 5.41) is 6.31. The molecule has 1 saturated carbocycles. The van der Waals surface area contributed by atoms with Crippen molar-refractivity contribution >= 4 is 11.9 Å². The molecule has 1 aliphatic rings. The second-order valence-corrected chi connectivity index (χ2v) is 7.11. The molecule has 0 spiro atoms. The van der Waals surface area contributed by atoms with Gasteiger partial charge in [0.1, 0.15) is 5.75 Å². The highest BCUT2D eigenvalue weighted by Gasteiger charge is 2.18. The third kappa shape index (κ3) is 7.49. The predicted octanol–water partition coefficient (Wildman–Crippen LogP) is 2.79. The molecular weight excluding hydrogens is 340 g/mol. The van der Waals surface area contributed by atoms with Crippen LogP contribution in [0, 0.1) is 5.92 Å². The lowest BCUT2D eigenvalue weighted by Crippen LogP contribution is -2.42. The maximum absolute atomic E-state index is 12.0. The summed E-state index contributed by atoms with van der Waals surface area (Å²) in [7, 11) is 3.78. The smallest absolute Gasteiger partial charge is 0.220 e. The highest BCUT2D eigenvalue weighted by atomic mass is 16.5. The minimum absolute atomic E-state index is 0.168. The molecule has 0 radical (unpaired) electrons. The fourth-order valence-corrected chi connectivity index (χ4v) is 3.52. The third-order valence-corrected chi connectivity index (χ3v) is 4.91. The molecule has 0 heterocycles. The molecule has 2 rings (SSSR count). The first-order chi connectivity index (χ1) is 13.1. The molecule has 0 bridgehead atoms. The summed E-state index contributed by atoms with van der Waals surface area (Å²) >= 11 is 0. The Morgan fingerprint density at radius 1 is 1.19 bits per heavy atom. The fraction of sp³-hybridized carbons (Fsp3) is 0.619. The lowest BCUT2D eigenvalue weighted by atomic mass is 10.0. The van der Waals surface area contributed by atoms with Crippen molar-refractivity contribution in [3.05, 3.63) is 29.8 Å². The fourth-order valence-electron chi connectivity index (χ4n) is 3.52. The molecular formula is C21H34N4O2. The van der Waals surface area contributed by atoms with E-state index in [1.165, 1.54) is 31.2 Å². The molecule has 6 heteroatoms. The second kappa shape index (κ2) is 11.5. The molecule has 0 atom stereocenters. The Labute approximate surface area is 163 Å². The monoisotopic (exact) mass is 374 g/mol. The molecule has 0 aliphatic heterocycles. The molecule has 1 fully saturated rings. The largest absolute Gasteiger partial charge is 0.494 e. The third-order valence-electron chi connectivity index (χ3n) is 4.91. The van der Waals surface area contributed by atoms with E-state index in [1.54, 1.807) is 7.05 Å². The SMILES string of the molecule is CCOc1ccc(CN(C)C(=NC)NCCNC(=O)CC2CCCC2)cc1. The summed E-state index contributed by atoms with van der Waals surface area (Å²) in [6.07, 6.45) is 5.63. The van der Waals surface area contributed by atoms with Gasteiger partial charge < -0.3 is 20.3 Å². The van der Waals surface area contributed by atoms with E-state index in [1.807, 2.05) is 26.1 Å². The van der Waals surface area contributed by atoms with Crippen molar-refractivity contribution in [2.24, 2.45) is 10.9 Å². The summed E-state index contributed by atoms with van der Waals surface area (Å²) in [6, 6.07) is 8.11. The van der Waals surface area contributed by atoms with Crippen molar-refractivity contribution in [2.75, 3.05) is 33.8 Å². The topological polar surface area (TPSA) is 66.0 Å². The highest BCUT2D eigenvalue weighted by Crippen LogP contribution is 2.27. The Hall–Kier alpha value is -2.24. The average molecular weight is 375 g/mol. The number of benzene rings is 1. The van der Waals surface area contributed by atoms with Crippen LogP contribution in [-0.4, -0.2) is 50.6 Å². The van der Waals surface area contributed by atoms with Crippen LogP contribution in [-0.2, 0) is 11.3 Å². The van der Waals surface area contributed by atoms with Crippen LogP contribution in [0.5, 0.6) is 5.75 Å². The normalized spacial score (nSPS) is 14.9. The Morgan fingerprint density at radius 2 is 1.85 bits per heavy atom. The molecule has 1 aromatic rings. The van der Waals surface area contributed by atoms with Crippen molar-refractivity contribution in [1.29, 1.82) is 0 Å². The number of carbonyl (C=O) groups excluding carboxylic acids is 1. The first-order valence-corrected chi connectivity index (χ1v) is 10.0. The van der Waals surface area contributed by atoms with E-state index < -0.39 is 0 Å². The van der Waals surface area contributed by atoms with Gasteiger partial charge in [0.05, 0.1) is 6.61 Å². The van der Waals surface area contributed by atoms with E-state index >= 15 is 0 Å². The van der Waals surface area contributed by atoms with Crippen LogP contribution < -0.4 is 15.4 Å². The summed E-state index contributed by atoms with van der Waals surface area (Å²) in [5.41, 5.74) is 1.19. The number of hydrogen-bond donors (Lipinski definition) is 2. The van der Waals surface area contributed by atoms with Crippen LogP contribution in [0.1, 0.15) is 44.6 Å². The van der Waals surface area contributed by atoms with Gasteiger partial charge in [0, 0.05) is 40.2 Å². The van der Waals surface area contributed by atoms with Crippen LogP contribution >= 0.6 is 0 Å². The zero-order valence-electron chi connectivity index (χ0n) is 17.0. The highest BCUT2D eigenvalue weighted by molar-refractivity contribution is 5.80. The van der Waals surface area contributed by atoms with Gasteiger partial charge in [-0.3, -0.25) is 9.79 Å². The number of hydrogen-bond acceptors (Lipinski definition) is 3. The number of nitrogens with one attached hydrogen (secondary N) is 2. The van der Waals surface area contributed by atoms with E-state index in [-0.39, 0.29) is 5.91 Å². The lowest BCUT2D eigenvalue weighted by molar-refractivity contribution is -0.121. The van der Waals surface area contributed by atoms with Gasteiger partial charge in [-0.2, -0.15) is 0 Å². The lowest BCUT2D eigenvalue weighted by Gasteiger charge is -2.22. The average Bonchev–Trinajstić information content (AvgIpc) is 3.16. The Morgan fingerprint density at radius 3 is 2.48 bits per heavy atom. The van der Waals surface area contributed by atoms with Gasteiger partial charge in [0.25, 0.3) is 0 Å². The van der Waals surface area contributed by atoms with Crippen LogP contribution in [0.15, 0.2) is 29.3 Å². The van der Waals surface area contributed by atoms with Crippen molar-refractivity contribution in [3.63, 3.8) is 0 Å². The Kier molecular flexibility index (Phi) is 8.95. The molecule has 1 amide bonds. The van der Waals surface area contributed by atoms with Gasteiger partial charge in [0.15, 0.2) is 5.96 Å². The van der Waals surface area contributed by atoms with Crippen molar-refractivity contribution in [3.8, 4) is 5.75 Å². The maximum Gasteiger partial charge on any atom is 0.220 e. The van der Waals surface area contributed by atoms with E-state index in [0.29, 0.717) is 32.0 Å². The van der Waals surface area contributed by atoms with E-state index in [2.05, 4.69) is 32.7 Å². The first-order valence-electron chi connectivity index (χ1n) is 10.0. The first kappa shape index (κ1) is 21.1. The number of carbonyl (C=O) groups is 1. The molecule has 150 valence electrons. The summed E-state index contributed by atoms with van der Waals surface area (Å²) in [5.74, 6) is 2.46. The molecule has 1 aromatic carbocycles. The van der Waals surface area contributed by atoms with Crippen molar-refractivity contribution in [1.82, 2.24) is 15.5 Å². The van der Waals surface area contributed by atoms with Gasteiger partial charge in [-0.05, 0) is 43.4 Å². The Bertz CT molecular complexity index is 595. The molecule has 0 saturated heterocycles. The number of amides is 1. The van der Waals surface area contributed by atoms with Gasteiger partial charge >= 0.3 is 0 Å². The number of aliphatic imine (C=N–C) groups is 1. The number of nitrogens with zero attached hydrogens (tertiary/aromatic N) is 2. The minimum Gasteiger partial charge on any atom is -0.494 e. The van der Waals surface area contributed by atoms with Gasteiger partial charge in [-0.1, -0.05) is 25.0 Å². The standard InChI is InChI=1S/C21H34N4O2/c1-4-27-19-11-9-18(10-12-19)16-25(3)21(22-2)24-14-13-23-20(26)15-17-7-5-6-8-17/h9-12,17H,4-8,13-16H2,1-3H3,(H,22,24)(H,23,26). The molecule has 1 aliphatic carbocycles. The zero-order chi connectivity index (χ0) is 19.5. The quantitative estimate of drug-likeness (QED) is 0.396. The van der Waals surface area contributed by atoms with Crippen molar-refractivity contribution < 1.29 is 9.53 Å². The van der Waals surface area contributed by atoms with Crippen molar-refractivity contribution in [2.45, 2.75) is 45.6 Å². The van der Waals surface area contributed by atoms with E-state index in [4.69, 9.17) is 4.74 Å². The minimum atomic E-state index is 0.168. The summed E-state index contributed by atoms with van der Waals surface area (Å²) in [6.45, 7) is 4.68. The number of rotatable bonds is 9. The van der Waals surface area contributed by atoms with Crippen LogP contribution in [0.2, 0.25) is 0 Å². The molecule has 27 heavy (non-hydrogen) atoms. The van der Waals surface area contributed by atoms with Gasteiger partial charge in [-0.15, -0.1) is 0 Å². The molecule has 0 aromatic heterocycles. The summed E-state index contributed by atoms with van der Waals surface area (Å²) < 4.78 is 5.48. The number of guanidine groups is 1. The van der Waals surface area contributed by atoms with Crippen LogP contribution in [0.3, 0.4) is 0 Å². The maximum atomic E-state index is 12.0. The molecule has 0 unspecified atom stereocenters. The van der Waals surface area contributed by atoms with Gasteiger partial charge in [0.2, 0.25) is 5.91 Å².